The van der Waals surface area contributed by atoms with Gasteiger partial charge in [0.25, 0.3) is 0 Å². The minimum absolute atomic E-state index is 0.103. The molecule has 0 unspecified atom stereocenters. The minimum Gasteiger partial charge on any atom is -0.496 e. The second-order valence-electron chi connectivity index (χ2n) is 8.50. The molecule has 0 saturated carbocycles. The lowest BCUT2D eigenvalue weighted by Gasteiger charge is -2.33. The van der Waals surface area contributed by atoms with E-state index >= 15 is 0 Å². The van der Waals surface area contributed by atoms with Crippen LogP contribution in [0.15, 0.2) is 30.6 Å². The number of carboxylic acids is 1. The normalized spacial score (nSPS) is 15.1. The summed E-state index contributed by atoms with van der Waals surface area (Å²) in [6.07, 6.45) is 4.98. The quantitative estimate of drug-likeness (QED) is 0.799. The Labute approximate surface area is 176 Å². The van der Waals surface area contributed by atoms with Crippen molar-refractivity contribution >= 4 is 12.1 Å². The Balaban J connectivity index is 1.67. The van der Waals surface area contributed by atoms with Crippen LogP contribution in [0.4, 0.5) is 4.79 Å². The van der Waals surface area contributed by atoms with Crippen molar-refractivity contribution in [3.05, 3.63) is 36.2 Å². The van der Waals surface area contributed by atoms with Crippen LogP contribution < -0.4 is 4.74 Å². The SMILES string of the molecule is COc1ccc(-c2cnn(C3CCN(C(=O)OC(C)(C)C)CC3)c2)cc1CC(=O)O. The van der Waals surface area contributed by atoms with Gasteiger partial charge in [0.1, 0.15) is 11.4 Å². The first-order chi connectivity index (χ1) is 14.2. The highest BCUT2D eigenvalue weighted by atomic mass is 16.6. The highest BCUT2D eigenvalue weighted by molar-refractivity contribution is 5.73. The van der Waals surface area contributed by atoms with Gasteiger partial charge in [-0.25, -0.2) is 4.79 Å². The fourth-order valence-corrected chi connectivity index (χ4v) is 3.59. The van der Waals surface area contributed by atoms with Gasteiger partial charge < -0.3 is 19.5 Å². The van der Waals surface area contributed by atoms with E-state index in [4.69, 9.17) is 14.6 Å². The summed E-state index contributed by atoms with van der Waals surface area (Å²) in [6.45, 7) is 6.85. The number of benzene rings is 1. The number of hydrogen-bond donors (Lipinski definition) is 1. The fourth-order valence-electron chi connectivity index (χ4n) is 3.59. The molecule has 8 nitrogen and oxygen atoms in total. The Kier molecular flexibility index (Phi) is 6.34. The monoisotopic (exact) mass is 415 g/mol. The summed E-state index contributed by atoms with van der Waals surface area (Å²) in [5.41, 5.74) is 1.94. The second-order valence-corrected chi connectivity index (χ2v) is 8.50. The minimum atomic E-state index is -0.905. The molecule has 1 saturated heterocycles. The van der Waals surface area contributed by atoms with Crippen molar-refractivity contribution in [2.45, 2.75) is 51.7 Å². The van der Waals surface area contributed by atoms with Crippen LogP contribution in [0.3, 0.4) is 0 Å². The highest BCUT2D eigenvalue weighted by Crippen LogP contribution is 2.29. The Morgan fingerprint density at radius 1 is 1.20 bits per heavy atom. The first kappa shape index (κ1) is 21.7. The molecule has 162 valence electrons. The molecule has 0 aliphatic carbocycles. The number of piperidine rings is 1. The lowest BCUT2D eigenvalue weighted by Crippen LogP contribution is -2.42. The van der Waals surface area contributed by atoms with Gasteiger partial charge in [-0.05, 0) is 51.3 Å². The summed E-state index contributed by atoms with van der Waals surface area (Å²) >= 11 is 0. The third kappa shape index (κ3) is 5.31. The van der Waals surface area contributed by atoms with Crippen LogP contribution in [0.2, 0.25) is 0 Å². The van der Waals surface area contributed by atoms with E-state index in [9.17, 15) is 9.59 Å². The molecular weight excluding hydrogens is 386 g/mol. The average molecular weight is 415 g/mol. The molecule has 1 amide bonds. The van der Waals surface area contributed by atoms with Gasteiger partial charge in [0.2, 0.25) is 0 Å². The highest BCUT2D eigenvalue weighted by Gasteiger charge is 2.28. The second kappa shape index (κ2) is 8.77. The van der Waals surface area contributed by atoms with Crippen LogP contribution in [-0.2, 0) is 16.0 Å². The molecule has 1 aliphatic heterocycles. The molecule has 1 fully saturated rings. The van der Waals surface area contributed by atoms with Gasteiger partial charge in [-0.1, -0.05) is 6.07 Å². The molecule has 0 spiro atoms. The standard InChI is InChI=1S/C22H29N3O5/c1-22(2,3)30-21(28)24-9-7-18(8-10-24)25-14-17(13-23-25)15-5-6-19(29-4)16(11-15)12-20(26)27/h5-6,11,13-14,18H,7-10,12H2,1-4H3,(H,26,27). The molecule has 2 heterocycles. The summed E-state index contributed by atoms with van der Waals surface area (Å²) in [6, 6.07) is 5.72. The van der Waals surface area contributed by atoms with Crippen molar-refractivity contribution < 1.29 is 24.2 Å². The molecule has 3 rings (SSSR count). The van der Waals surface area contributed by atoms with E-state index in [1.165, 1.54) is 7.11 Å². The van der Waals surface area contributed by atoms with Crippen molar-refractivity contribution in [1.82, 2.24) is 14.7 Å². The Morgan fingerprint density at radius 2 is 1.90 bits per heavy atom. The van der Waals surface area contributed by atoms with Crippen LogP contribution >= 0.6 is 0 Å². The number of methoxy groups -OCH3 is 1. The summed E-state index contributed by atoms with van der Waals surface area (Å²) < 4.78 is 12.7. The van der Waals surface area contributed by atoms with Gasteiger partial charge in [-0.3, -0.25) is 9.48 Å². The van der Waals surface area contributed by atoms with Gasteiger partial charge in [-0.15, -0.1) is 0 Å². The van der Waals surface area contributed by atoms with Gasteiger partial charge >= 0.3 is 12.1 Å². The van der Waals surface area contributed by atoms with Crippen molar-refractivity contribution in [1.29, 1.82) is 0 Å². The molecule has 1 aromatic heterocycles. The van der Waals surface area contributed by atoms with Crippen molar-refractivity contribution in [3.63, 3.8) is 0 Å². The Bertz CT molecular complexity index is 908. The van der Waals surface area contributed by atoms with Crippen molar-refractivity contribution in [2.24, 2.45) is 0 Å². The van der Waals surface area contributed by atoms with Crippen LogP contribution in [0.1, 0.15) is 45.2 Å². The number of ether oxygens (including phenoxy) is 2. The summed E-state index contributed by atoms with van der Waals surface area (Å²) in [5.74, 6) is -0.346. The third-order valence-electron chi connectivity index (χ3n) is 5.05. The van der Waals surface area contributed by atoms with Gasteiger partial charge in [-0.2, -0.15) is 5.10 Å². The van der Waals surface area contributed by atoms with E-state index in [1.807, 2.05) is 43.8 Å². The molecule has 0 atom stereocenters. The molecule has 30 heavy (non-hydrogen) atoms. The third-order valence-corrected chi connectivity index (χ3v) is 5.05. The number of carboxylic acid groups (broad SMARTS) is 1. The smallest absolute Gasteiger partial charge is 0.410 e. The number of hydrogen-bond acceptors (Lipinski definition) is 5. The molecular formula is C22H29N3O5. The molecule has 1 aromatic carbocycles. The number of nitrogens with zero attached hydrogens (tertiary/aromatic N) is 3. The fraction of sp³-hybridized carbons (Fsp3) is 0.500. The zero-order chi connectivity index (χ0) is 21.9. The maximum atomic E-state index is 12.2. The zero-order valence-electron chi connectivity index (χ0n) is 17.9. The maximum Gasteiger partial charge on any atom is 0.410 e. The Hall–Kier alpha value is -3.03. The number of carbonyl (C=O) groups is 2. The topological polar surface area (TPSA) is 93.9 Å². The molecule has 0 bridgehead atoms. The first-order valence-electron chi connectivity index (χ1n) is 10.1. The van der Waals surface area contributed by atoms with E-state index in [0.29, 0.717) is 24.4 Å². The molecule has 1 aliphatic rings. The number of rotatable bonds is 5. The van der Waals surface area contributed by atoms with E-state index < -0.39 is 11.6 Å². The summed E-state index contributed by atoms with van der Waals surface area (Å²) in [4.78, 5) is 25.1. The number of amides is 1. The van der Waals surface area contributed by atoms with Gasteiger partial charge in [0.05, 0.1) is 25.8 Å². The lowest BCUT2D eigenvalue weighted by molar-refractivity contribution is -0.136. The summed E-state index contributed by atoms with van der Waals surface area (Å²) in [7, 11) is 1.53. The molecule has 1 N–H and O–H groups in total. The predicted molar refractivity (Wildman–Crippen MR) is 112 cm³/mol. The number of carbonyl (C=O) groups excluding carboxylic acids is 1. The lowest BCUT2D eigenvalue weighted by atomic mass is 10.0. The van der Waals surface area contributed by atoms with E-state index in [-0.39, 0.29) is 18.6 Å². The Morgan fingerprint density at radius 3 is 2.50 bits per heavy atom. The largest absolute Gasteiger partial charge is 0.496 e. The maximum absolute atomic E-state index is 12.2. The molecule has 2 aromatic rings. The zero-order valence-corrected chi connectivity index (χ0v) is 17.9. The van der Waals surface area contributed by atoms with Crippen LogP contribution in [-0.4, -0.2) is 57.6 Å². The average Bonchev–Trinajstić information content (AvgIpc) is 3.16. The van der Waals surface area contributed by atoms with Gasteiger partial charge in [0, 0.05) is 30.4 Å². The number of aromatic nitrogens is 2. The van der Waals surface area contributed by atoms with Crippen molar-refractivity contribution in [2.75, 3.05) is 20.2 Å². The number of aliphatic carboxylic acids is 1. The van der Waals surface area contributed by atoms with Crippen LogP contribution in [0, 0.1) is 0 Å². The summed E-state index contributed by atoms with van der Waals surface area (Å²) in [5, 5.41) is 13.6. The van der Waals surface area contributed by atoms with Crippen LogP contribution in [0.5, 0.6) is 5.75 Å². The first-order valence-corrected chi connectivity index (χ1v) is 10.1. The number of likely N-dealkylation sites (tertiary alicyclic amines) is 1. The molecule has 8 heteroatoms. The van der Waals surface area contributed by atoms with E-state index in [1.54, 1.807) is 17.2 Å². The van der Waals surface area contributed by atoms with Gasteiger partial charge in [0.15, 0.2) is 0 Å². The predicted octanol–water partition coefficient (Wildman–Crippen LogP) is 3.76. The van der Waals surface area contributed by atoms with E-state index in [0.717, 1.165) is 24.0 Å². The van der Waals surface area contributed by atoms with Crippen molar-refractivity contribution in [3.8, 4) is 16.9 Å². The van der Waals surface area contributed by atoms with E-state index in [2.05, 4.69) is 5.10 Å². The molecule has 0 radical (unpaired) electrons. The van der Waals surface area contributed by atoms with Crippen LogP contribution in [0.25, 0.3) is 11.1 Å².